The molecule has 1 aliphatic carbocycles. The first-order chi connectivity index (χ1) is 12.8. The molecule has 4 heteroatoms. The summed E-state index contributed by atoms with van der Waals surface area (Å²) in [4.78, 5) is 0. The van der Waals surface area contributed by atoms with Gasteiger partial charge >= 0.3 is 0 Å². The maximum absolute atomic E-state index is 10.4. The van der Waals surface area contributed by atoms with Gasteiger partial charge in [-0.3, -0.25) is 0 Å². The van der Waals surface area contributed by atoms with Crippen LogP contribution in [0.5, 0.6) is 0 Å². The van der Waals surface area contributed by atoms with E-state index < -0.39 is 6.10 Å². The molecule has 2 aromatic rings. The van der Waals surface area contributed by atoms with Crippen LogP contribution in [0, 0.1) is 19.8 Å². The Morgan fingerprint density at radius 3 is 2.63 bits per heavy atom. The Kier molecular flexibility index (Phi) is 6.74. The van der Waals surface area contributed by atoms with E-state index in [9.17, 15) is 5.11 Å². The van der Waals surface area contributed by atoms with Crippen molar-refractivity contribution in [1.29, 1.82) is 0 Å². The summed E-state index contributed by atoms with van der Waals surface area (Å²) in [6.45, 7) is 9.60. The van der Waals surface area contributed by atoms with Crippen molar-refractivity contribution in [2.45, 2.75) is 64.7 Å². The summed E-state index contributed by atoms with van der Waals surface area (Å²) in [7, 11) is 0. The lowest BCUT2D eigenvalue weighted by atomic mass is 9.93. The molecule has 2 unspecified atom stereocenters. The first kappa shape index (κ1) is 20.5. The van der Waals surface area contributed by atoms with E-state index in [1.54, 1.807) is 11.3 Å². The number of aryl methyl sites for hydroxylation is 2. The average molecular weight is 388 g/mol. The monoisotopic (exact) mass is 387 g/mol. The lowest BCUT2D eigenvalue weighted by Gasteiger charge is -2.29. The lowest BCUT2D eigenvalue weighted by Crippen LogP contribution is -2.46. The molecule has 0 bridgehead atoms. The molecule has 0 radical (unpaired) electrons. The molecule has 3 rings (SSSR count). The van der Waals surface area contributed by atoms with Gasteiger partial charge in [0.15, 0.2) is 0 Å². The summed E-state index contributed by atoms with van der Waals surface area (Å²) in [6, 6.07) is 8.79. The van der Waals surface area contributed by atoms with Gasteiger partial charge in [-0.15, -0.1) is 0 Å². The van der Waals surface area contributed by atoms with Gasteiger partial charge in [0.1, 0.15) is 0 Å². The zero-order chi connectivity index (χ0) is 19.4. The highest BCUT2D eigenvalue weighted by molar-refractivity contribution is 7.07. The molecule has 0 aliphatic heterocycles. The number of β-amino-alcohol motifs (C(OH)–C–C–N with tert-alkyl or cyclic N) is 1. The maximum atomic E-state index is 10.4. The summed E-state index contributed by atoms with van der Waals surface area (Å²) in [5.41, 5.74) is 5.17. The van der Waals surface area contributed by atoms with E-state index in [4.69, 9.17) is 4.74 Å². The minimum absolute atomic E-state index is 0.0775. The highest BCUT2D eigenvalue weighted by Gasteiger charge is 2.33. The smallest absolute Gasteiger partial charge is 0.0898 e. The second-order valence-electron chi connectivity index (χ2n) is 8.66. The number of aliphatic hydroxyl groups is 1. The molecule has 3 nitrogen and oxygen atoms in total. The molecule has 1 aromatic carbocycles. The molecular weight excluding hydrogens is 354 g/mol. The Labute approximate surface area is 167 Å². The topological polar surface area (TPSA) is 41.5 Å². The minimum atomic E-state index is -0.496. The third-order valence-electron chi connectivity index (χ3n) is 5.42. The number of ether oxygens (including phenoxy) is 1. The van der Waals surface area contributed by atoms with Crippen LogP contribution >= 0.6 is 11.3 Å². The number of benzene rings is 1. The molecule has 0 amide bonds. The first-order valence-corrected chi connectivity index (χ1v) is 10.9. The standard InChI is InChI=1S/C23H33NO2S/c1-16-5-6-18(11-17(16)2)12-23(3,4)24-13-21(25)14-26-22(19-7-8-19)20-9-10-27-15-20/h5-6,9-11,15,19,21-22,24-25H,7-8,12-14H2,1-4H3. The van der Waals surface area contributed by atoms with Crippen LogP contribution < -0.4 is 5.32 Å². The first-order valence-electron chi connectivity index (χ1n) is 9.97. The Morgan fingerprint density at radius 1 is 1.22 bits per heavy atom. The van der Waals surface area contributed by atoms with Crippen LogP contribution in [0.15, 0.2) is 35.0 Å². The average Bonchev–Trinajstić information content (AvgIpc) is 3.30. The molecular formula is C23H33NO2S. The van der Waals surface area contributed by atoms with Crippen LogP contribution in [-0.2, 0) is 11.2 Å². The summed E-state index contributed by atoms with van der Waals surface area (Å²) >= 11 is 1.71. The predicted octanol–water partition coefficient (Wildman–Crippen LogP) is 4.80. The van der Waals surface area contributed by atoms with Crippen molar-refractivity contribution in [2.75, 3.05) is 13.2 Å². The van der Waals surface area contributed by atoms with Gasteiger partial charge in [-0.25, -0.2) is 0 Å². The van der Waals surface area contributed by atoms with Crippen LogP contribution in [0.3, 0.4) is 0 Å². The second kappa shape index (κ2) is 8.87. The predicted molar refractivity (Wildman–Crippen MR) is 113 cm³/mol. The second-order valence-corrected chi connectivity index (χ2v) is 9.44. The van der Waals surface area contributed by atoms with E-state index in [1.807, 2.05) is 0 Å². The zero-order valence-electron chi connectivity index (χ0n) is 17.0. The van der Waals surface area contributed by atoms with Crippen LogP contribution in [0.25, 0.3) is 0 Å². The maximum Gasteiger partial charge on any atom is 0.0898 e. The van der Waals surface area contributed by atoms with E-state index in [2.05, 4.69) is 68.0 Å². The van der Waals surface area contributed by atoms with E-state index >= 15 is 0 Å². The van der Waals surface area contributed by atoms with Crippen LogP contribution in [-0.4, -0.2) is 29.9 Å². The van der Waals surface area contributed by atoms with Gasteiger partial charge in [-0.05, 0) is 92.0 Å². The van der Waals surface area contributed by atoms with Crippen LogP contribution in [0.2, 0.25) is 0 Å². The van der Waals surface area contributed by atoms with E-state index in [1.165, 1.54) is 35.1 Å². The van der Waals surface area contributed by atoms with Crippen molar-refractivity contribution in [2.24, 2.45) is 5.92 Å². The molecule has 0 saturated heterocycles. The van der Waals surface area contributed by atoms with Crippen molar-refractivity contribution in [3.8, 4) is 0 Å². The van der Waals surface area contributed by atoms with Gasteiger partial charge in [0, 0.05) is 12.1 Å². The number of nitrogens with one attached hydrogen (secondary N) is 1. The Morgan fingerprint density at radius 2 is 2.00 bits per heavy atom. The number of hydrogen-bond donors (Lipinski definition) is 2. The quantitative estimate of drug-likeness (QED) is 0.615. The zero-order valence-corrected chi connectivity index (χ0v) is 17.8. The molecule has 1 aliphatic rings. The number of rotatable bonds is 10. The molecule has 148 valence electrons. The molecule has 1 heterocycles. The number of thiophene rings is 1. The van der Waals surface area contributed by atoms with Crippen molar-refractivity contribution in [3.63, 3.8) is 0 Å². The summed E-state index contributed by atoms with van der Waals surface area (Å²) in [5, 5.41) is 18.2. The van der Waals surface area contributed by atoms with Gasteiger partial charge < -0.3 is 15.2 Å². The van der Waals surface area contributed by atoms with E-state index in [-0.39, 0.29) is 11.6 Å². The molecule has 2 atom stereocenters. The van der Waals surface area contributed by atoms with Crippen LogP contribution in [0.4, 0.5) is 0 Å². The van der Waals surface area contributed by atoms with Gasteiger partial charge in [-0.1, -0.05) is 18.2 Å². The van der Waals surface area contributed by atoms with Crippen molar-refractivity contribution < 1.29 is 9.84 Å². The number of aliphatic hydroxyl groups excluding tert-OH is 1. The van der Waals surface area contributed by atoms with Crippen LogP contribution in [0.1, 0.15) is 55.0 Å². The normalized spacial score (nSPS) is 17.1. The summed E-state index contributed by atoms with van der Waals surface area (Å²) in [5.74, 6) is 0.626. The van der Waals surface area contributed by atoms with Gasteiger partial charge in [0.05, 0.1) is 18.8 Å². The van der Waals surface area contributed by atoms with E-state index in [0.29, 0.717) is 19.1 Å². The van der Waals surface area contributed by atoms with Gasteiger partial charge in [0.2, 0.25) is 0 Å². The Balaban J connectivity index is 1.46. The van der Waals surface area contributed by atoms with Crippen molar-refractivity contribution >= 4 is 11.3 Å². The SMILES string of the molecule is Cc1ccc(CC(C)(C)NCC(O)COC(c2ccsc2)C2CC2)cc1C. The third-order valence-corrected chi connectivity index (χ3v) is 6.13. The van der Waals surface area contributed by atoms with Crippen molar-refractivity contribution in [3.05, 3.63) is 57.3 Å². The Hall–Kier alpha value is -1.20. The molecule has 1 saturated carbocycles. The van der Waals surface area contributed by atoms with Crippen molar-refractivity contribution in [1.82, 2.24) is 5.32 Å². The molecule has 1 aromatic heterocycles. The molecule has 1 fully saturated rings. The largest absolute Gasteiger partial charge is 0.389 e. The molecule has 27 heavy (non-hydrogen) atoms. The molecule has 0 spiro atoms. The fourth-order valence-corrected chi connectivity index (χ4v) is 4.18. The van der Waals surface area contributed by atoms with Gasteiger partial charge in [-0.2, -0.15) is 11.3 Å². The fourth-order valence-electron chi connectivity index (χ4n) is 3.49. The Bertz CT molecular complexity index is 722. The highest BCUT2D eigenvalue weighted by Crippen LogP contribution is 2.43. The minimum Gasteiger partial charge on any atom is -0.389 e. The number of hydrogen-bond acceptors (Lipinski definition) is 4. The summed E-state index contributed by atoms with van der Waals surface area (Å²) in [6.07, 6.45) is 3.05. The van der Waals surface area contributed by atoms with Gasteiger partial charge in [0.25, 0.3) is 0 Å². The highest BCUT2D eigenvalue weighted by atomic mass is 32.1. The fraction of sp³-hybridized carbons (Fsp3) is 0.565. The van der Waals surface area contributed by atoms with E-state index in [0.717, 1.165) is 6.42 Å². The lowest BCUT2D eigenvalue weighted by molar-refractivity contribution is -0.0209. The molecule has 2 N–H and O–H groups in total. The third kappa shape index (κ3) is 6.15. The summed E-state index contributed by atoms with van der Waals surface area (Å²) < 4.78 is 6.10.